The van der Waals surface area contributed by atoms with Crippen LogP contribution in [0.3, 0.4) is 0 Å². The van der Waals surface area contributed by atoms with Gasteiger partial charge in [0.2, 0.25) is 15.2 Å². The van der Waals surface area contributed by atoms with Crippen molar-refractivity contribution in [3.05, 3.63) is 82.0 Å². The molecular weight excluding hydrogens is 423 g/mol. The van der Waals surface area contributed by atoms with E-state index in [1.807, 2.05) is 30.3 Å². The summed E-state index contributed by atoms with van der Waals surface area (Å²) in [5.74, 6) is -0.261. The zero-order valence-corrected chi connectivity index (χ0v) is 17.8. The van der Waals surface area contributed by atoms with E-state index in [2.05, 4.69) is 15.1 Å². The number of sulfonamides is 1. The highest BCUT2D eigenvalue weighted by molar-refractivity contribution is 7.92. The Balaban J connectivity index is 1.35. The summed E-state index contributed by atoms with van der Waals surface area (Å²) in [4.78, 5) is 2.05. The van der Waals surface area contributed by atoms with Crippen LogP contribution in [0.1, 0.15) is 16.1 Å². The van der Waals surface area contributed by atoms with Gasteiger partial charge in [-0.3, -0.25) is 0 Å². The molecule has 1 aromatic heterocycles. The van der Waals surface area contributed by atoms with Gasteiger partial charge >= 0.3 is 0 Å². The van der Waals surface area contributed by atoms with E-state index < -0.39 is 10.0 Å². The summed E-state index contributed by atoms with van der Waals surface area (Å²) in [6.45, 7) is 1.91. The van der Waals surface area contributed by atoms with Crippen LogP contribution >= 0.6 is 11.3 Å². The van der Waals surface area contributed by atoms with E-state index in [0.717, 1.165) is 21.3 Å². The normalized spacial score (nSPS) is 15.7. The molecule has 0 unspecified atom stereocenters. The molecule has 30 heavy (non-hydrogen) atoms. The lowest BCUT2D eigenvalue weighted by atomic mass is 10.2. The van der Waals surface area contributed by atoms with Crippen molar-refractivity contribution in [3.63, 3.8) is 0 Å². The van der Waals surface area contributed by atoms with Gasteiger partial charge in [0.15, 0.2) is 0 Å². The SMILES string of the molecule is O=S(=O)(/C=C/c1ccccc1)N1CCN(c2nnc(Cc3ccc(F)cc3)s2)CC1. The molecule has 2 heterocycles. The Morgan fingerprint density at radius 1 is 0.967 bits per heavy atom. The van der Waals surface area contributed by atoms with Crippen molar-refractivity contribution in [1.82, 2.24) is 14.5 Å². The third kappa shape index (κ3) is 5.10. The first-order valence-electron chi connectivity index (χ1n) is 9.55. The second-order valence-corrected chi connectivity index (χ2v) is 9.79. The smallest absolute Gasteiger partial charge is 0.236 e. The number of hydrogen-bond donors (Lipinski definition) is 0. The van der Waals surface area contributed by atoms with Crippen molar-refractivity contribution in [3.8, 4) is 0 Å². The lowest BCUT2D eigenvalue weighted by molar-refractivity contribution is 0.389. The molecule has 0 spiro atoms. The first-order valence-corrected chi connectivity index (χ1v) is 11.9. The molecule has 0 amide bonds. The standard InChI is InChI=1S/C21H21FN4O2S2/c22-19-8-6-18(7-9-19)16-20-23-24-21(29-20)25-11-13-26(14-12-25)30(27,28)15-10-17-4-2-1-3-5-17/h1-10,15H,11-14,16H2/b15-10+. The molecule has 4 rings (SSSR count). The van der Waals surface area contributed by atoms with Crippen LogP contribution in [0, 0.1) is 5.82 Å². The second-order valence-electron chi connectivity index (χ2n) is 6.93. The summed E-state index contributed by atoms with van der Waals surface area (Å²) >= 11 is 1.48. The molecule has 6 nitrogen and oxygen atoms in total. The molecule has 0 aliphatic carbocycles. The van der Waals surface area contributed by atoms with Gasteiger partial charge in [0, 0.05) is 38.0 Å². The van der Waals surface area contributed by atoms with Gasteiger partial charge in [-0.2, -0.15) is 4.31 Å². The van der Waals surface area contributed by atoms with Crippen molar-refractivity contribution in [2.45, 2.75) is 6.42 Å². The first-order chi connectivity index (χ1) is 14.5. The van der Waals surface area contributed by atoms with Crippen molar-refractivity contribution in [2.75, 3.05) is 31.1 Å². The van der Waals surface area contributed by atoms with Crippen LogP contribution in [-0.4, -0.2) is 49.1 Å². The largest absolute Gasteiger partial charge is 0.344 e. The molecule has 0 bridgehead atoms. The van der Waals surface area contributed by atoms with Gasteiger partial charge in [-0.1, -0.05) is 53.8 Å². The Kier molecular flexibility index (Phi) is 6.21. The average Bonchev–Trinajstić information content (AvgIpc) is 3.23. The van der Waals surface area contributed by atoms with Crippen molar-refractivity contribution in [2.24, 2.45) is 0 Å². The third-order valence-electron chi connectivity index (χ3n) is 4.83. The second kappa shape index (κ2) is 9.03. The predicted molar refractivity (Wildman–Crippen MR) is 117 cm³/mol. The summed E-state index contributed by atoms with van der Waals surface area (Å²) < 4.78 is 39.7. The van der Waals surface area contributed by atoms with Crippen molar-refractivity contribution >= 4 is 32.6 Å². The maximum Gasteiger partial charge on any atom is 0.236 e. The van der Waals surface area contributed by atoms with Crippen LogP contribution in [0.15, 0.2) is 60.0 Å². The third-order valence-corrected chi connectivity index (χ3v) is 7.37. The maximum absolute atomic E-state index is 13.0. The molecular formula is C21H21FN4O2S2. The molecule has 0 radical (unpaired) electrons. The fourth-order valence-electron chi connectivity index (χ4n) is 3.17. The highest BCUT2D eigenvalue weighted by atomic mass is 32.2. The first kappa shape index (κ1) is 20.6. The molecule has 0 atom stereocenters. The quantitative estimate of drug-likeness (QED) is 0.583. The summed E-state index contributed by atoms with van der Waals surface area (Å²) in [7, 11) is -3.46. The Bertz CT molecular complexity index is 1110. The van der Waals surface area contributed by atoms with Crippen LogP contribution in [0.25, 0.3) is 6.08 Å². The van der Waals surface area contributed by atoms with E-state index >= 15 is 0 Å². The zero-order valence-electron chi connectivity index (χ0n) is 16.2. The van der Waals surface area contributed by atoms with Crippen LogP contribution in [-0.2, 0) is 16.4 Å². The molecule has 0 N–H and O–H groups in total. The number of nitrogens with zero attached hydrogens (tertiary/aromatic N) is 4. The minimum Gasteiger partial charge on any atom is -0.344 e. The minimum absolute atomic E-state index is 0.261. The van der Waals surface area contributed by atoms with Crippen molar-refractivity contribution < 1.29 is 12.8 Å². The van der Waals surface area contributed by atoms with E-state index in [0.29, 0.717) is 32.6 Å². The maximum atomic E-state index is 13.0. The zero-order chi connectivity index (χ0) is 21.0. The minimum atomic E-state index is -3.46. The molecule has 1 fully saturated rings. The van der Waals surface area contributed by atoms with Crippen LogP contribution < -0.4 is 4.90 Å². The summed E-state index contributed by atoms with van der Waals surface area (Å²) in [5, 5.41) is 11.4. The van der Waals surface area contributed by atoms with E-state index in [4.69, 9.17) is 0 Å². The van der Waals surface area contributed by atoms with Gasteiger partial charge in [0.05, 0.1) is 0 Å². The number of anilines is 1. The Morgan fingerprint density at radius 3 is 2.37 bits per heavy atom. The lowest BCUT2D eigenvalue weighted by Gasteiger charge is -2.32. The van der Waals surface area contributed by atoms with Crippen LogP contribution in [0.5, 0.6) is 0 Å². The van der Waals surface area contributed by atoms with E-state index in [9.17, 15) is 12.8 Å². The number of aromatic nitrogens is 2. The molecule has 1 aliphatic heterocycles. The topological polar surface area (TPSA) is 66.4 Å². The number of halogens is 1. The van der Waals surface area contributed by atoms with E-state index in [-0.39, 0.29) is 5.82 Å². The molecule has 9 heteroatoms. The predicted octanol–water partition coefficient (Wildman–Crippen LogP) is 3.39. The molecule has 1 saturated heterocycles. The Hall–Kier alpha value is -2.62. The lowest BCUT2D eigenvalue weighted by Crippen LogP contribution is -2.48. The monoisotopic (exact) mass is 444 g/mol. The van der Waals surface area contributed by atoms with Crippen molar-refractivity contribution in [1.29, 1.82) is 0 Å². The van der Waals surface area contributed by atoms with Gasteiger partial charge < -0.3 is 4.90 Å². The molecule has 0 saturated carbocycles. The average molecular weight is 445 g/mol. The molecule has 3 aromatic rings. The highest BCUT2D eigenvalue weighted by Crippen LogP contribution is 2.24. The Morgan fingerprint density at radius 2 is 1.67 bits per heavy atom. The van der Waals surface area contributed by atoms with Gasteiger partial charge in [-0.15, -0.1) is 10.2 Å². The van der Waals surface area contributed by atoms with Gasteiger partial charge in [0.25, 0.3) is 0 Å². The van der Waals surface area contributed by atoms with Gasteiger partial charge in [0.1, 0.15) is 10.8 Å². The van der Waals surface area contributed by atoms with E-state index in [1.54, 1.807) is 18.2 Å². The number of rotatable bonds is 6. The molecule has 1 aliphatic rings. The highest BCUT2D eigenvalue weighted by Gasteiger charge is 2.26. The van der Waals surface area contributed by atoms with Gasteiger partial charge in [-0.05, 0) is 29.3 Å². The Labute approximate surface area is 179 Å². The summed E-state index contributed by atoms with van der Waals surface area (Å²) in [6.07, 6.45) is 2.21. The van der Waals surface area contributed by atoms with E-state index in [1.165, 1.54) is 33.2 Å². The van der Waals surface area contributed by atoms with Crippen LogP contribution in [0.2, 0.25) is 0 Å². The fourth-order valence-corrected chi connectivity index (χ4v) is 5.27. The van der Waals surface area contributed by atoms with Crippen LogP contribution in [0.4, 0.5) is 9.52 Å². The fraction of sp³-hybridized carbons (Fsp3) is 0.238. The summed E-state index contributed by atoms with van der Waals surface area (Å²) in [5.41, 5.74) is 1.82. The molecule has 156 valence electrons. The number of piperazine rings is 1. The number of benzene rings is 2. The number of hydrogen-bond acceptors (Lipinski definition) is 6. The van der Waals surface area contributed by atoms with Gasteiger partial charge in [-0.25, -0.2) is 12.8 Å². The summed E-state index contributed by atoms with van der Waals surface area (Å²) in [6, 6.07) is 15.7. The molecule has 2 aromatic carbocycles.